The summed E-state index contributed by atoms with van der Waals surface area (Å²) in [5.74, 6) is 0.762. The molecule has 1 aromatic rings. The molecule has 0 saturated carbocycles. The van der Waals surface area contributed by atoms with Crippen molar-refractivity contribution in [1.82, 2.24) is 4.98 Å². The van der Waals surface area contributed by atoms with E-state index in [-0.39, 0.29) is 5.69 Å². The van der Waals surface area contributed by atoms with Gasteiger partial charge < -0.3 is 15.7 Å². The second kappa shape index (κ2) is 4.83. The fourth-order valence-electron chi connectivity index (χ4n) is 2.22. The molecule has 2 heterocycles. The van der Waals surface area contributed by atoms with Crippen molar-refractivity contribution >= 4 is 11.5 Å². The second-order valence-electron chi connectivity index (χ2n) is 5.06. The first-order valence-electron chi connectivity index (χ1n) is 6.16. The molecule has 1 saturated heterocycles. The highest BCUT2D eigenvalue weighted by Gasteiger charge is 2.25. The van der Waals surface area contributed by atoms with Crippen molar-refractivity contribution in [3.8, 4) is 6.07 Å². The van der Waals surface area contributed by atoms with Crippen LogP contribution in [0.4, 0.5) is 11.5 Å². The van der Waals surface area contributed by atoms with E-state index in [4.69, 9.17) is 11.0 Å². The Labute approximate surface area is 107 Å². The van der Waals surface area contributed by atoms with Crippen molar-refractivity contribution in [2.75, 3.05) is 23.7 Å². The Morgan fingerprint density at radius 3 is 2.94 bits per heavy atom. The molecular formula is C13H18N4O. The molecule has 96 valence electrons. The van der Waals surface area contributed by atoms with E-state index in [1.165, 1.54) is 0 Å². The Morgan fingerprint density at radius 2 is 2.22 bits per heavy atom. The molecule has 0 bridgehead atoms. The van der Waals surface area contributed by atoms with Gasteiger partial charge in [-0.15, -0.1) is 0 Å². The van der Waals surface area contributed by atoms with Crippen molar-refractivity contribution in [3.63, 3.8) is 0 Å². The Bertz CT molecular complexity index is 478. The van der Waals surface area contributed by atoms with E-state index in [1.807, 2.05) is 19.1 Å². The lowest BCUT2D eigenvalue weighted by Gasteiger charge is -2.23. The summed E-state index contributed by atoms with van der Waals surface area (Å²) in [5, 5.41) is 19.0. The van der Waals surface area contributed by atoms with Crippen LogP contribution in [0.2, 0.25) is 0 Å². The Hall–Kier alpha value is -1.80. The summed E-state index contributed by atoms with van der Waals surface area (Å²) in [7, 11) is 0. The second-order valence-corrected chi connectivity index (χ2v) is 5.06. The Kier molecular flexibility index (Phi) is 3.39. The number of anilines is 2. The monoisotopic (exact) mass is 246 g/mol. The normalized spacial score (nSPS) is 24.4. The fraction of sp³-hybridized carbons (Fsp3) is 0.538. The summed E-state index contributed by atoms with van der Waals surface area (Å²) in [6, 6.07) is 5.54. The van der Waals surface area contributed by atoms with Crippen molar-refractivity contribution in [2.24, 2.45) is 0 Å². The molecule has 0 radical (unpaired) electrons. The smallest absolute Gasteiger partial charge is 0.165 e. The maximum atomic E-state index is 10.0. The number of nitriles is 1. The third-order valence-electron chi connectivity index (χ3n) is 3.41. The molecule has 0 aromatic carbocycles. The van der Waals surface area contributed by atoms with Gasteiger partial charge in [-0.3, -0.25) is 0 Å². The van der Waals surface area contributed by atoms with Gasteiger partial charge in [0.25, 0.3) is 0 Å². The minimum Gasteiger partial charge on any atom is -0.396 e. The predicted molar refractivity (Wildman–Crippen MR) is 70.1 cm³/mol. The third-order valence-corrected chi connectivity index (χ3v) is 3.41. The predicted octanol–water partition coefficient (Wildman–Crippen LogP) is 1.28. The van der Waals surface area contributed by atoms with E-state index in [0.29, 0.717) is 12.1 Å². The molecular weight excluding hydrogens is 228 g/mol. The van der Waals surface area contributed by atoms with Crippen LogP contribution in [-0.4, -0.2) is 28.8 Å². The molecule has 1 aliphatic heterocycles. The molecule has 1 aliphatic rings. The van der Waals surface area contributed by atoms with Gasteiger partial charge >= 0.3 is 0 Å². The number of nitrogen functional groups attached to an aromatic ring is 1. The van der Waals surface area contributed by atoms with Gasteiger partial charge in [0.15, 0.2) is 5.69 Å². The SMILES string of the molecule is CC1(O)CCCN(c2ccc(N)c(C#N)n2)CC1. The van der Waals surface area contributed by atoms with Gasteiger partial charge in [-0.25, -0.2) is 4.98 Å². The lowest BCUT2D eigenvalue weighted by atomic mass is 9.98. The molecule has 5 nitrogen and oxygen atoms in total. The number of nitrogens with two attached hydrogens (primary N) is 1. The number of aromatic nitrogens is 1. The average Bonchev–Trinajstić information content (AvgIpc) is 2.51. The quantitative estimate of drug-likeness (QED) is 0.779. The molecule has 1 aromatic heterocycles. The zero-order valence-electron chi connectivity index (χ0n) is 10.6. The standard InChI is InChI=1S/C13H18N4O/c1-13(18)5-2-7-17(8-6-13)12-4-3-10(15)11(9-14)16-12/h3-4,18H,2,5-8,15H2,1H3. The maximum absolute atomic E-state index is 10.0. The van der Waals surface area contributed by atoms with Crippen LogP contribution in [0, 0.1) is 11.3 Å². The number of nitrogens with zero attached hydrogens (tertiary/aromatic N) is 3. The molecule has 0 aliphatic carbocycles. The van der Waals surface area contributed by atoms with Gasteiger partial charge in [-0.1, -0.05) is 0 Å². The summed E-state index contributed by atoms with van der Waals surface area (Å²) < 4.78 is 0. The summed E-state index contributed by atoms with van der Waals surface area (Å²) >= 11 is 0. The number of pyridine rings is 1. The van der Waals surface area contributed by atoms with E-state index < -0.39 is 5.60 Å². The van der Waals surface area contributed by atoms with E-state index in [1.54, 1.807) is 6.07 Å². The highest BCUT2D eigenvalue weighted by Crippen LogP contribution is 2.25. The minimum absolute atomic E-state index is 0.267. The lowest BCUT2D eigenvalue weighted by molar-refractivity contribution is 0.0481. The highest BCUT2D eigenvalue weighted by atomic mass is 16.3. The lowest BCUT2D eigenvalue weighted by Crippen LogP contribution is -2.28. The van der Waals surface area contributed by atoms with Crippen LogP contribution in [0.15, 0.2) is 12.1 Å². The first kappa shape index (κ1) is 12.7. The summed E-state index contributed by atoms with van der Waals surface area (Å²) in [5.41, 5.74) is 5.74. The molecule has 0 amide bonds. The van der Waals surface area contributed by atoms with Crippen molar-refractivity contribution in [2.45, 2.75) is 31.8 Å². The fourth-order valence-corrected chi connectivity index (χ4v) is 2.22. The van der Waals surface area contributed by atoms with Gasteiger partial charge in [0.1, 0.15) is 11.9 Å². The molecule has 0 spiro atoms. The number of aliphatic hydroxyl groups is 1. The van der Waals surface area contributed by atoms with Crippen molar-refractivity contribution in [3.05, 3.63) is 17.8 Å². The average molecular weight is 246 g/mol. The molecule has 18 heavy (non-hydrogen) atoms. The zero-order valence-corrected chi connectivity index (χ0v) is 10.6. The van der Waals surface area contributed by atoms with E-state index >= 15 is 0 Å². The van der Waals surface area contributed by atoms with Gasteiger partial charge in [-0.05, 0) is 38.3 Å². The van der Waals surface area contributed by atoms with Crippen LogP contribution >= 0.6 is 0 Å². The van der Waals surface area contributed by atoms with Crippen molar-refractivity contribution < 1.29 is 5.11 Å². The van der Waals surface area contributed by atoms with Gasteiger partial charge in [-0.2, -0.15) is 5.26 Å². The third kappa shape index (κ3) is 2.71. The van der Waals surface area contributed by atoms with Crippen LogP contribution < -0.4 is 10.6 Å². The maximum Gasteiger partial charge on any atom is 0.165 e. The molecule has 3 N–H and O–H groups in total. The molecule has 1 atom stereocenters. The molecule has 1 fully saturated rings. The summed E-state index contributed by atoms with van der Waals surface area (Å²) in [6.07, 6.45) is 2.42. The highest BCUT2D eigenvalue weighted by molar-refractivity contribution is 5.55. The topological polar surface area (TPSA) is 86.2 Å². The Morgan fingerprint density at radius 1 is 1.44 bits per heavy atom. The molecule has 1 unspecified atom stereocenters. The first-order chi connectivity index (χ1) is 8.52. The van der Waals surface area contributed by atoms with E-state index in [2.05, 4.69) is 9.88 Å². The van der Waals surface area contributed by atoms with Gasteiger partial charge in [0.2, 0.25) is 0 Å². The zero-order chi connectivity index (χ0) is 13.2. The minimum atomic E-state index is -0.597. The molecule has 2 rings (SSSR count). The van der Waals surface area contributed by atoms with Crippen LogP contribution in [0.1, 0.15) is 31.9 Å². The first-order valence-corrected chi connectivity index (χ1v) is 6.16. The summed E-state index contributed by atoms with van der Waals surface area (Å²) in [4.78, 5) is 6.36. The van der Waals surface area contributed by atoms with Crippen LogP contribution in [0.5, 0.6) is 0 Å². The van der Waals surface area contributed by atoms with Crippen LogP contribution in [0.25, 0.3) is 0 Å². The van der Waals surface area contributed by atoms with Gasteiger partial charge in [0, 0.05) is 13.1 Å². The Balaban J connectivity index is 2.19. The van der Waals surface area contributed by atoms with E-state index in [9.17, 15) is 5.11 Å². The van der Waals surface area contributed by atoms with Gasteiger partial charge in [0.05, 0.1) is 11.3 Å². The van der Waals surface area contributed by atoms with E-state index in [0.717, 1.165) is 31.7 Å². The van der Waals surface area contributed by atoms with Crippen LogP contribution in [0.3, 0.4) is 0 Å². The van der Waals surface area contributed by atoms with Crippen LogP contribution in [-0.2, 0) is 0 Å². The van der Waals surface area contributed by atoms with Crippen molar-refractivity contribution in [1.29, 1.82) is 5.26 Å². The number of hydrogen-bond donors (Lipinski definition) is 2. The summed E-state index contributed by atoms with van der Waals surface area (Å²) in [6.45, 7) is 3.46. The number of hydrogen-bond acceptors (Lipinski definition) is 5. The number of rotatable bonds is 1. The largest absolute Gasteiger partial charge is 0.396 e. The molecule has 5 heteroatoms.